The second kappa shape index (κ2) is 7.10. The predicted molar refractivity (Wildman–Crippen MR) is 116 cm³/mol. The maximum Gasteiger partial charge on any atom is 0.194 e. The molecule has 5 aromatic rings. The van der Waals surface area contributed by atoms with Crippen LogP contribution in [0.2, 0.25) is 0 Å². The number of anilines is 2. The highest BCUT2D eigenvalue weighted by atomic mass is 32.1. The van der Waals surface area contributed by atoms with Gasteiger partial charge in [0, 0.05) is 28.2 Å². The Morgan fingerprint density at radius 1 is 0.964 bits per heavy atom. The van der Waals surface area contributed by atoms with Crippen LogP contribution in [0, 0.1) is 0 Å². The van der Waals surface area contributed by atoms with Crippen LogP contribution >= 0.6 is 22.7 Å². The minimum absolute atomic E-state index is 0.828. The van der Waals surface area contributed by atoms with Crippen LogP contribution in [0.25, 0.3) is 27.6 Å². The van der Waals surface area contributed by atoms with E-state index in [1.54, 1.807) is 29.8 Å². The fraction of sp³-hybridized carbons (Fsp3) is 0.0476. The summed E-state index contributed by atoms with van der Waals surface area (Å²) in [6, 6.07) is 18.0. The molecule has 1 N–H and O–H groups in total. The molecule has 0 aliphatic carbocycles. The molecule has 0 amide bonds. The van der Waals surface area contributed by atoms with E-state index in [4.69, 9.17) is 14.7 Å². The van der Waals surface area contributed by atoms with Gasteiger partial charge in [-0.2, -0.15) is 0 Å². The highest BCUT2D eigenvalue weighted by Gasteiger charge is 2.19. The maximum atomic E-state index is 5.28. The van der Waals surface area contributed by atoms with Crippen molar-refractivity contribution in [3.05, 3.63) is 71.6 Å². The minimum atomic E-state index is 0.828. The maximum absolute atomic E-state index is 5.28. The number of imidazole rings is 1. The fourth-order valence-electron chi connectivity index (χ4n) is 3.07. The number of hydrogen-bond acceptors (Lipinski definition) is 6. The van der Waals surface area contributed by atoms with Crippen LogP contribution in [0.15, 0.2) is 71.6 Å². The Labute approximate surface area is 169 Å². The van der Waals surface area contributed by atoms with Gasteiger partial charge >= 0.3 is 0 Å². The quantitative estimate of drug-likeness (QED) is 0.394. The molecule has 0 atom stereocenters. The number of hydrogen-bond donors (Lipinski definition) is 1. The number of methoxy groups -OCH3 is 1. The molecule has 5 nitrogen and oxygen atoms in total. The van der Waals surface area contributed by atoms with Gasteiger partial charge in [-0.15, -0.1) is 22.7 Å². The van der Waals surface area contributed by atoms with Crippen LogP contribution in [0.5, 0.6) is 5.75 Å². The number of benzene rings is 2. The minimum Gasteiger partial charge on any atom is -0.497 e. The van der Waals surface area contributed by atoms with Gasteiger partial charge in [0.1, 0.15) is 17.1 Å². The van der Waals surface area contributed by atoms with E-state index in [-0.39, 0.29) is 0 Å². The topological polar surface area (TPSA) is 51.5 Å². The zero-order valence-electron chi connectivity index (χ0n) is 15.0. The van der Waals surface area contributed by atoms with Crippen molar-refractivity contribution in [2.45, 2.75) is 0 Å². The lowest BCUT2D eigenvalue weighted by atomic mass is 10.1. The van der Waals surface area contributed by atoms with E-state index in [0.29, 0.717) is 0 Å². The third kappa shape index (κ3) is 3.04. The zero-order chi connectivity index (χ0) is 18.9. The van der Waals surface area contributed by atoms with Crippen LogP contribution in [0.4, 0.5) is 10.8 Å². The molecular formula is C21H16N4OS2. The summed E-state index contributed by atoms with van der Waals surface area (Å²) in [6.07, 6.45) is 2.04. The van der Waals surface area contributed by atoms with E-state index in [0.717, 1.165) is 44.2 Å². The molecule has 3 heterocycles. The van der Waals surface area contributed by atoms with Crippen LogP contribution < -0.4 is 10.1 Å². The van der Waals surface area contributed by atoms with Gasteiger partial charge in [0.15, 0.2) is 10.1 Å². The summed E-state index contributed by atoms with van der Waals surface area (Å²) >= 11 is 3.20. The van der Waals surface area contributed by atoms with Gasteiger partial charge in [-0.3, -0.25) is 4.40 Å². The Balaban J connectivity index is 1.57. The van der Waals surface area contributed by atoms with Gasteiger partial charge in [-0.1, -0.05) is 18.2 Å². The normalized spacial score (nSPS) is 11.0. The summed E-state index contributed by atoms with van der Waals surface area (Å²) < 4.78 is 7.38. The third-order valence-electron chi connectivity index (χ3n) is 4.40. The number of fused-ring (bicyclic) bond motifs is 1. The molecule has 2 aromatic carbocycles. The van der Waals surface area contributed by atoms with Gasteiger partial charge in [-0.25, -0.2) is 9.97 Å². The van der Waals surface area contributed by atoms with Crippen molar-refractivity contribution >= 4 is 38.5 Å². The van der Waals surface area contributed by atoms with Gasteiger partial charge < -0.3 is 10.1 Å². The highest BCUT2D eigenvalue weighted by molar-refractivity contribution is 7.15. The van der Waals surface area contributed by atoms with E-state index in [1.165, 1.54) is 0 Å². The van der Waals surface area contributed by atoms with Crippen molar-refractivity contribution in [1.29, 1.82) is 0 Å². The van der Waals surface area contributed by atoms with Crippen LogP contribution in [-0.2, 0) is 0 Å². The molecule has 28 heavy (non-hydrogen) atoms. The third-order valence-corrected chi connectivity index (χ3v) is 5.91. The number of thiazole rings is 2. The van der Waals surface area contributed by atoms with E-state index >= 15 is 0 Å². The molecule has 0 aliphatic heterocycles. The predicted octanol–water partition coefficient (Wildman–Crippen LogP) is 5.94. The van der Waals surface area contributed by atoms with Gasteiger partial charge in [0.05, 0.1) is 12.8 Å². The summed E-state index contributed by atoms with van der Waals surface area (Å²) in [7, 11) is 1.67. The first-order valence-corrected chi connectivity index (χ1v) is 10.5. The van der Waals surface area contributed by atoms with Crippen LogP contribution in [0.1, 0.15) is 0 Å². The number of rotatable bonds is 5. The Morgan fingerprint density at radius 2 is 1.79 bits per heavy atom. The summed E-state index contributed by atoms with van der Waals surface area (Å²) in [5, 5.41) is 8.33. The summed E-state index contributed by atoms with van der Waals surface area (Å²) in [4.78, 5) is 10.6. The Bertz CT molecular complexity index is 1220. The number of nitrogens with zero attached hydrogens (tertiary/aromatic N) is 3. The molecule has 7 heteroatoms. The standard InChI is InChI=1S/C21H16N4OS2/c1-26-16-9-7-14(8-10-16)18-19(25-11-12-27-21(25)24-18)17-13-28-20(23-17)22-15-5-3-2-4-6-15/h2-13H,1H3,(H,22,23). The summed E-state index contributed by atoms with van der Waals surface area (Å²) in [5.41, 5.74) is 4.88. The molecule has 5 rings (SSSR count). The van der Waals surface area contributed by atoms with Gasteiger partial charge in [0.25, 0.3) is 0 Å². The number of ether oxygens (including phenoxy) is 1. The highest BCUT2D eigenvalue weighted by Crippen LogP contribution is 2.36. The fourth-order valence-corrected chi connectivity index (χ4v) is 4.49. The first-order valence-electron chi connectivity index (χ1n) is 8.70. The number of aromatic nitrogens is 3. The van der Waals surface area contributed by atoms with E-state index < -0.39 is 0 Å². The molecule has 0 saturated heterocycles. The summed E-state index contributed by atoms with van der Waals surface area (Å²) in [5.74, 6) is 0.828. The van der Waals surface area contributed by atoms with Crippen molar-refractivity contribution < 1.29 is 4.74 Å². The Morgan fingerprint density at radius 3 is 2.57 bits per heavy atom. The molecule has 138 valence electrons. The van der Waals surface area contributed by atoms with Crippen molar-refractivity contribution in [2.75, 3.05) is 12.4 Å². The van der Waals surface area contributed by atoms with E-state index in [9.17, 15) is 0 Å². The molecular weight excluding hydrogens is 388 g/mol. The van der Waals surface area contributed by atoms with Gasteiger partial charge in [-0.05, 0) is 36.4 Å². The summed E-state index contributed by atoms with van der Waals surface area (Å²) in [6.45, 7) is 0. The van der Waals surface area contributed by atoms with Crippen molar-refractivity contribution in [3.63, 3.8) is 0 Å². The van der Waals surface area contributed by atoms with E-state index in [2.05, 4.69) is 15.1 Å². The lowest BCUT2D eigenvalue weighted by molar-refractivity contribution is 0.415. The van der Waals surface area contributed by atoms with Gasteiger partial charge in [0.2, 0.25) is 0 Å². The molecule has 0 fully saturated rings. The average Bonchev–Trinajstić information content (AvgIpc) is 3.45. The van der Waals surface area contributed by atoms with Crippen molar-refractivity contribution in [1.82, 2.24) is 14.4 Å². The molecule has 0 saturated carbocycles. The molecule has 0 radical (unpaired) electrons. The largest absolute Gasteiger partial charge is 0.497 e. The average molecular weight is 405 g/mol. The molecule has 3 aromatic heterocycles. The molecule has 0 bridgehead atoms. The molecule has 0 unspecified atom stereocenters. The second-order valence-electron chi connectivity index (χ2n) is 6.12. The van der Waals surface area contributed by atoms with Crippen molar-refractivity contribution in [3.8, 4) is 28.4 Å². The van der Waals surface area contributed by atoms with Crippen LogP contribution in [0.3, 0.4) is 0 Å². The second-order valence-corrected chi connectivity index (χ2v) is 7.85. The first-order chi connectivity index (χ1) is 13.8. The van der Waals surface area contributed by atoms with Crippen LogP contribution in [-0.4, -0.2) is 21.5 Å². The molecule has 0 spiro atoms. The number of nitrogens with one attached hydrogen (secondary N) is 1. The first kappa shape index (κ1) is 17.0. The Hall–Kier alpha value is -3.16. The Kier molecular flexibility index (Phi) is 4.31. The smallest absolute Gasteiger partial charge is 0.194 e. The monoisotopic (exact) mass is 404 g/mol. The zero-order valence-corrected chi connectivity index (χ0v) is 16.6. The lowest BCUT2D eigenvalue weighted by Crippen LogP contribution is -1.91. The van der Waals surface area contributed by atoms with E-state index in [1.807, 2.05) is 66.2 Å². The lowest BCUT2D eigenvalue weighted by Gasteiger charge is -2.04. The SMILES string of the molecule is COc1ccc(-c2nc3sccn3c2-c2csc(Nc3ccccc3)n2)cc1. The van der Waals surface area contributed by atoms with Crippen molar-refractivity contribution in [2.24, 2.45) is 0 Å². The number of para-hydroxylation sites is 1. The molecule has 0 aliphatic rings.